The summed E-state index contributed by atoms with van der Waals surface area (Å²) in [6.07, 6.45) is 12.1. The first-order valence-corrected chi connectivity index (χ1v) is 4.80. The molecule has 1 rings (SSSR count). The van der Waals surface area contributed by atoms with E-state index in [1.807, 2.05) is 30.4 Å². The molecule has 2 nitrogen and oxygen atoms in total. The monoisotopic (exact) mass is 192 g/mol. The van der Waals surface area contributed by atoms with E-state index in [-0.39, 0.29) is 5.97 Å². The Morgan fingerprint density at radius 3 is 2.71 bits per heavy atom. The Hall–Kier alpha value is -1.31. The van der Waals surface area contributed by atoms with Crippen LogP contribution in [0.4, 0.5) is 0 Å². The lowest BCUT2D eigenvalue weighted by Gasteiger charge is -2.25. The van der Waals surface area contributed by atoms with Crippen LogP contribution in [0.1, 0.15) is 19.3 Å². The molecular weight excluding hydrogens is 176 g/mol. The van der Waals surface area contributed by atoms with Crippen LogP contribution in [-0.4, -0.2) is 13.1 Å². The van der Waals surface area contributed by atoms with E-state index in [4.69, 9.17) is 4.74 Å². The van der Waals surface area contributed by atoms with Crippen LogP contribution >= 0.6 is 0 Å². The molecular formula is C12H16O2. The van der Waals surface area contributed by atoms with Crippen molar-refractivity contribution >= 4 is 5.97 Å². The molecule has 0 radical (unpaired) electrons. The van der Waals surface area contributed by atoms with Gasteiger partial charge in [0, 0.05) is 0 Å². The maximum Gasteiger partial charge on any atom is 0.319 e. The van der Waals surface area contributed by atoms with Gasteiger partial charge in [-0.15, -0.1) is 6.58 Å². The number of methoxy groups -OCH3 is 1. The Labute approximate surface area is 85.0 Å². The molecule has 0 aromatic rings. The van der Waals surface area contributed by atoms with Crippen LogP contribution in [0.3, 0.4) is 0 Å². The normalized spacial score (nSPS) is 17.8. The molecule has 14 heavy (non-hydrogen) atoms. The van der Waals surface area contributed by atoms with Crippen LogP contribution in [0.2, 0.25) is 0 Å². The highest BCUT2D eigenvalue weighted by molar-refractivity contribution is 5.81. The summed E-state index contributed by atoms with van der Waals surface area (Å²) in [5, 5.41) is 0. The number of ether oxygens (including phenoxy) is 1. The molecule has 0 aromatic carbocycles. The maximum atomic E-state index is 11.6. The Balaban J connectivity index is 2.83. The summed E-state index contributed by atoms with van der Waals surface area (Å²) in [4.78, 5) is 11.6. The van der Waals surface area contributed by atoms with Crippen molar-refractivity contribution in [2.24, 2.45) is 5.41 Å². The van der Waals surface area contributed by atoms with E-state index in [2.05, 4.69) is 6.58 Å². The van der Waals surface area contributed by atoms with Crippen LogP contribution in [0.15, 0.2) is 37.0 Å². The molecule has 0 saturated carbocycles. The van der Waals surface area contributed by atoms with Crippen molar-refractivity contribution in [2.45, 2.75) is 19.3 Å². The highest BCUT2D eigenvalue weighted by Gasteiger charge is 2.34. The van der Waals surface area contributed by atoms with Crippen molar-refractivity contribution in [1.82, 2.24) is 0 Å². The summed E-state index contributed by atoms with van der Waals surface area (Å²) in [6.45, 7) is 3.66. The molecule has 0 unspecified atom stereocenters. The Morgan fingerprint density at radius 1 is 1.57 bits per heavy atom. The number of allylic oxidation sites excluding steroid dienone is 3. The van der Waals surface area contributed by atoms with E-state index in [1.54, 1.807) is 0 Å². The van der Waals surface area contributed by atoms with E-state index < -0.39 is 5.41 Å². The zero-order valence-corrected chi connectivity index (χ0v) is 8.53. The molecule has 0 heterocycles. The predicted molar refractivity (Wildman–Crippen MR) is 56.8 cm³/mol. The number of esters is 1. The van der Waals surface area contributed by atoms with Gasteiger partial charge in [-0.1, -0.05) is 30.4 Å². The largest absolute Gasteiger partial charge is 0.468 e. The lowest BCUT2D eigenvalue weighted by molar-refractivity contribution is -0.147. The van der Waals surface area contributed by atoms with Gasteiger partial charge in [-0.3, -0.25) is 4.79 Å². The van der Waals surface area contributed by atoms with E-state index in [1.165, 1.54) is 7.11 Å². The molecule has 1 aliphatic rings. The number of carbonyl (C=O) groups is 1. The standard InChI is InChI=1S/C12H16O2/c1-3-4-8-12(11(13)14-2)9-6-5-7-10-12/h3,6-7,9-10H,1,4-5,8H2,2H3. The first-order valence-electron chi connectivity index (χ1n) is 4.80. The van der Waals surface area contributed by atoms with E-state index >= 15 is 0 Å². The second kappa shape index (κ2) is 4.80. The maximum absolute atomic E-state index is 11.6. The second-order valence-corrected chi connectivity index (χ2v) is 3.40. The van der Waals surface area contributed by atoms with Crippen molar-refractivity contribution in [3.05, 3.63) is 37.0 Å². The van der Waals surface area contributed by atoms with Gasteiger partial charge in [-0.05, 0) is 19.3 Å². The molecule has 0 amide bonds. The minimum Gasteiger partial charge on any atom is -0.468 e. The van der Waals surface area contributed by atoms with Gasteiger partial charge < -0.3 is 4.74 Å². The first-order chi connectivity index (χ1) is 6.75. The van der Waals surface area contributed by atoms with Gasteiger partial charge in [0.05, 0.1) is 7.11 Å². The molecule has 0 aliphatic heterocycles. The zero-order chi connectivity index (χ0) is 10.4. The molecule has 0 N–H and O–H groups in total. The van der Waals surface area contributed by atoms with Crippen molar-refractivity contribution in [1.29, 1.82) is 0 Å². The molecule has 0 atom stereocenters. The second-order valence-electron chi connectivity index (χ2n) is 3.40. The third-order valence-corrected chi connectivity index (χ3v) is 2.43. The molecule has 0 aromatic heterocycles. The quantitative estimate of drug-likeness (QED) is 0.505. The third kappa shape index (κ3) is 2.13. The predicted octanol–water partition coefficient (Wildman–Crippen LogP) is 2.63. The fraction of sp³-hybridized carbons (Fsp3) is 0.417. The van der Waals surface area contributed by atoms with Gasteiger partial charge in [0.15, 0.2) is 0 Å². The number of carbonyl (C=O) groups excluding carboxylic acids is 1. The fourth-order valence-electron chi connectivity index (χ4n) is 1.63. The highest BCUT2D eigenvalue weighted by Crippen LogP contribution is 2.32. The molecule has 0 bridgehead atoms. The summed E-state index contributed by atoms with van der Waals surface area (Å²) < 4.78 is 4.81. The van der Waals surface area contributed by atoms with E-state index in [9.17, 15) is 4.79 Å². The Kier molecular flexibility index (Phi) is 3.69. The topological polar surface area (TPSA) is 26.3 Å². The first kappa shape index (κ1) is 10.8. The SMILES string of the molecule is C=CCCC1(C(=O)OC)C=CCC=C1. The lowest BCUT2D eigenvalue weighted by atomic mass is 9.80. The Morgan fingerprint density at radius 2 is 2.21 bits per heavy atom. The number of hydrogen-bond donors (Lipinski definition) is 0. The van der Waals surface area contributed by atoms with E-state index in [0.717, 1.165) is 19.3 Å². The van der Waals surface area contributed by atoms with Gasteiger partial charge in [0.25, 0.3) is 0 Å². The molecule has 1 aliphatic carbocycles. The summed E-state index contributed by atoms with van der Waals surface area (Å²) in [5.74, 6) is -0.188. The van der Waals surface area contributed by atoms with Crippen LogP contribution in [0.5, 0.6) is 0 Å². The minimum atomic E-state index is -0.554. The fourth-order valence-corrected chi connectivity index (χ4v) is 1.63. The molecule has 0 saturated heterocycles. The summed E-state index contributed by atoms with van der Waals surface area (Å²) in [5.41, 5.74) is -0.554. The van der Waals surface area contributed by atoms with Gasteiger partial charge >= 0.3 is 5.97 Å². The van der Waals surface area contributed by atoms with Crippen LogP contribution in [0, 0.1) is 5.41 Å². The minimum absolute atomic E-state index is 0.188. The molecule has 0 spiro atoms. The zero-order valence-electron chi connectivity index (χ0n) is 8.53. The van der Waals surface area contributed by atoms with Crippen molar-refractivity contribution in [2.75, 3.05) is 7.11 Å². The average Bonchev–Trinajstić information content (AvgIpc) is 2.26. The molecule has 0 fully saturated rings. The molecule has 2 heteroatoms. The van der Waals surface area contributed by atoms with Gasteiger partial charge in [-0.2, -0.15) is 0 Å². The lowest BCUT2D eigenvalue weighted by Crippen LogP contribution is -2.29. The van der Waals surface area contributed by atoms with Gasteiger partial charge in [-0.25, -0.2) is 0 Å². The van der Waals surface area contributed by atoms with Gasteiger partial charge in [0.1, 0.15) is 5.41 Å². The van der Waals surface area contributed by atoms with E-state index in [0.29, 0.717) is 0 Å². The van der Waals surface area contributed by atoms with Crippen LogP contribution in [-0.2, 0) is 9.53 Å². The van der Waals surface area contributed by atoms with Crippen molar-refractivity contribution in [3.8, 4) is 0 Å². The van der Waals surface area contributed by atoms with Crippen molar-refractivity contribution < 1.29 is 9.53 Å². The third-order valence-electron chi connectivity index (χ3n) is 2.43. The number of hydrogen-bond acceptors (Lipinski definition) is 2. The highest BCUT2D eigenvalue weighted by atomic mass is 16.5. The summed E-state index contributed by atoms with van der Waals surface area (Å²) in [7, 11) is 1.42. The van der Waals surface area contributed by atoms with Crippen molar-refractivity contribution in [3.63, 3.8) is 0 Å². The average molecular weight is 192 g/mol. The van der Waals surface area contributed by atoms with Crippen LogP contribution < -0.4 is 0 Å². The summed E-state index contributed by atoms with van der Waals surface area (Å²) >= 11 is 0. The van der Waals surface area contributed by atoms with Gasteiger partial charge in [0.2, 0.25) is 0 Å². The van der Waals surface area contributed by atoms with Crippen LogP contribution in [0.25, 0.3) is 0 Å². The number of rotatable bonds is 4. The Bertz CT molecular complexity index is 262. The molecule has 76 valence electrons. The summed E-state index contributed by atoms with van der Waals surface area (Å²) in [6, 6.07) is 0. The smallest absolute Gasteiger partial charge is 0.319 e.